The van der Waals surface area contributed by atoms with Crippen LogP contribution in [0, 0.1) is 0 Å². The number of carbonyl (C=O) groups is 1. The highest BCUT2D eigenvalue weighted by Crippen LogP contribution is 2.34. The first-order valence-corrected chi connectivity index (χ1v) is 5.31. The number of thiophene rings is 1. The Morgan fingerprint density at radius 2 is 1.94 bits per heavy atom. The van der Waals surface area contributed by atoms with Gasteiger partial charge in [0.15, 0.2) is 5.78 Å². The average molecular weight is 244 g/mol. The Morgan fingerprint density at radius 1 is 1.25 bits per heavy atom. The van der Waals surface area contributed by atoms with Gasteiger partial charge < -0.3 is 0 Å². The van der Waals surface area contributed by atoms with E-state index in [4.69, 9.17) is 0 Å². The minimum Gasteiger partial charge on any atom is -0.294 e. The third kappa shape index (κ3) is 1.95. The van der Waals surface area contributed by atoms with Crippen molar-refractivity contribution in [3.05, 3.63) is 34.7 Å². The lowest BCUT2D eigenvalue weighted by Crippen LogP contribution is -2.03. The molecule has 0 fully saturated rings. The third-order valence-corrected chi connectivity index (χ3v) is 3.41. The van der Waals surface area contributed by atoms with Crippen LogP contribution in [0.3, 0.4) is 0 Å². The SMILES string of the molecule is CC(=O)c1cc2cc(C(F)(F)F)ccc2s1. The van der Waals surface area contributed by atoms with E-state index >= 15 is 0 Å². The van der Waals surface area contributed by atoms with Gasteiger partial charge in [-0.2, -0.15) is 13.2 Å². The molecule has 1 aromatic heterocycles. The molecule has 2 aromatic rings. The van der Waals surface area contributed by atoms with Crippen LogP contribution in [0.25, 0.3) is 10.1 Å². The van der Waals surface area contributed by atoms with Gasteiger partial charge in [0.05, 0.1) is 10.4 Å². The van der Waals surface area contributed by atoms with Crippen molar-refractivity contribution in [2.24, 2.45) is 0 Å². The van der Waals surface area contributed by atoms with Gasteiger partial charge in [0, 0.05) is 4.70 Å². The second kappa shape index (κ2) is 3.59. The summed E-state index contributed by atoms with van der Waals surface area (Å²) in [5.74, 6) is -0.130. The smallest absolute Gasteiger partial charge is 0.294 e. The van der Waals surface area contributed by atoms with E-state index in [1.807, 2.05) is 0 Å². The summed E-state index contributed by atoms with van der Waals surface area (Å²) in [6, 6.07) is 4.99. The molecule has 5 heteroatoms. The summed E-state index contributed by atoms with van der Waals surface area (Å²) in [6.07, 6.45) is -4.34. The molecular formula is C11H7F3OS. The van der Waals surface area contributed by atoms with Crippen LogP contribution < -0.4 is 0 Å². The fraction of sp³-hybridized carbons (Fsp3) is 0.182. The molecule has 84 valence electrons. The molecule has 0 saturated carbocycles. The number of Topliss-reactive ketones (excluding diaryl/α,β-unsaturated/α-hetero) is 1. The van der Waals surface area contributed by atoms with Gasteiger partial charge in [-0.3, -0.25) is 4.79 Å². The van der Waals surface area contributed by atoms with Crippen LogP contribution >= 0.6 is 11.3 Å². The fourth-order valence-corrected chi connectivity index (χ4v) is 2.33. The quantitative estimate of drug-likeness (QED) is 0.689. The molecule has 0 atom stereocenters. The first-order valence-electron chi connectivity index (χ1n) is 4.49. The van der Waals surface area contributed by atoms with Gasteiger partial charge in [0.25, 0.3) is 0 Å². The van der Waals surface area contributed by atoms with Gasteiger partial charge in [-0.25, -0.2) is 0 Å². The first-order chi connectivity index (χ1) is 7.38. The van der Waals surface area contributed by atoms with E-state index in [1.165, 1.54) is 30.4 Å². The van der Waals surface area contributed by atoms with E-state index in [1.54, 1.807) is 0 Å². The molecule has 1 nitrogen and oxygen atoms in total. The molecule has 0 amide bonds. The van der Waals surface area contributed by atoms with Crippen LogP contribution in [-0.2, 0) is 6.18 Å². The first kappa shape index (κ1) is 11.1. The average Bonchev–Trinajstić information content (AvgIpc) is 2.58. The number of rotatable bonds is 1. The van der Waals surface area contributed by atoms with Crippen molar-refractivity contribution in [1.82, 2.24) is 0 Å². The van der Waals surface area contributed by atoms with E-state index in [-0.39, 0.29) is 5.78 Å². The van der Waals surface area contributed by atoms with Crippen LogP contribution in [0.4, 0.5) is 13.2 Å². The number of ketones is 1. The lowest BCUT2D eigenvalue weighted by Gasteiger charge is -2.05. The number of alkyl halides is 3. The molecule has 0 saturated heterocycles. The summed E-state index contributed by atoms with van der Waals surface area (Å²) in [5.41, 5.74) is -0.687. The van der Waals surface area contributed by atoms with Gasteiger partial charge >= 0.3 is 6.18 Å². The van der Waals surface area contributed by atoms with Gasteiger partial charge in [-0.1, -0.05) is 0 Å². The Hall–Kier alpha value is -1.36. The molecule has 0 aliphatic heterocycles. The molecule has 1 heterocycles. The summed E-state index contributed by atoms with van der Waals surface area (Å²) in [4.78, 5) is 11.6. The van der Waals surface area contributed by atoms with Crippen molar-refractivity contribution in [1.29, 1.82) is 0 Å². The highest BCUT2D eigenvalue weighted by molar-refractivity contribution is 7.20. The molecule has 0 spiro atoms. The third-order valence-electron chi connectivity index (χ3n) is 2.19. The fourth-order valence-electron chi connectivity index (χ4n) is 1.39. The Morgan fingerprint density at radius 3 is 2.50 bits per heavy atom. The summed E-state index contributed by atoms with van der Waals surface area (Å²) in [5, 5.41) is 0.463. The molecule has 0 bridgehead atoms. The number of carbonyl (C=O) groups excluding carboxylic acids is 1. The van der Waals surface area contributed by atoms with E-state index in [2.05, 4.69) is 0 Å². The van der Waals surface area contributed by atoms with Gasteiger partial charge in [-0.15, -0.1) is 11.3 Å². The maximum absolute atomic E-state index is 12.4. The number of halogens is 3. The lowest BCUT2D eigenvalue weighted by molar-refractivity contribution is -0.137. The molecule has 16 heavy (non-hydrogen) atoms. The number of fused-ring (bicyclic) bond motifs is 1. The topological polar surface area (TPSA) is 17.1 Å². The van der Waals surface area contributed by atoms with Crippen LogP contribution in [0.15, 0.2) is 24.3 Å². The molecule has 2 rings (SSSR count). The summed E-state index contributed by atoms with van der Waals surface area (Å²) >= 11 is 1.21. The highest BCUT2D eigenvalue weighted by Gasteiger charge is 2.30. The lowest BCUT2D eigenvalue weighted by atomic mass is 10.1. The van der Waals surface area contributed by atoms with E-state index < -0.39 is 11.7 Å². The van der Waals surface area contributed by atoms with Crippen molar-refractivity contribution < 1.29 is 18.0 Å². The maximum atomic E-state index is 12.4. The molecule has 0 aliphatic rings. The van der Waals surface area contributed by atoms with Crippen molar-refractivity contribution in [2.75, 3.05) is 0 Å². The second-order valence-corrected chi connectivity index (χ2v) is 4.50. The molecule has 0 unspecified atom stereocenters. The van der Waals surface area contributed by atoms with Crippen molar-refractivity contribution >= 4 is 27.2 Å². The zero-order valence-corrected chi connectivity index (χ0v) is 9.08. The predicted octanol–water partition coefficient (Wildman–Crippen LogP) is 4.12. The second-order valence-electron chi connectivity index (χ2n) is 3.42. The summed E-state index contributed by atoms with van der Waals surface area (Å²) < 4.78 is 37.9. The normalized spacial score (nSPS) is 12.0. The minimum absolute atomic E-state index is 0.130. The zero-order valence-electron chi connectivity index (χ0n) is 8.26. The molecule has 0 aliphatic carbocycles. The van der Waals surface area contributed by atoms with E-state index in [9.17, 15) is 18.0 Å². The maximum Gasteiger partial charge on any atom is 0.416 e. The van der Waals surface area contributed by atoms with E-state index in [0.717, 1.165) is 12.1 Å². The monoisotopic (exact) mass is 244 g/mol. The van der Waals surface area contributed by atoms with Crippen LogP contribution in [-0.4, -0.2) is 5.78 Å². The van der Waals surface area contributed by atoms with Gasteiger partial charge in [-0.05, 0) is 36.6 Å². The van der Waals surface area contributed by atoms with Crippen LogP contribution in [0.1, 0.15) is 22.2 Å². The van der Waals surface area contributed by atoms with Crippen molar-refractivity contribution in [3.8, 4) is 0 Å². The van der Waals surface area contributed by atoms with E-state index in [0.29, 0.717) is 15.0 Å². The van der Waals surface area contributed by atoms with Crippen molar-refractivity contribution in [2.45, 2.75) is 13.1 Å². The Labute approximate surface area is 93.5 Å². The van der Waals surface area contributed by atoms with Gasteiger partial charge in [0.2, 0.25) is 0 Å². The largest absolute Gasteiger partial charge is 0.416 e. The highest BCUT2D eigenvalue weighted by atomic mass is 32.1. The van der Waals surface area contributed by atoms with Crippen LogP contribution in [0.5, 0.6) is 0 Å². The zero-order chi connectivity index (χ0) is 11.9. The molecule has 0 radical (unpaired) electrons. The number of hydrogen-bond donors (Lipinski definition) is 0. The minimum atomic E-state index is -4.34. The Bertz CT molecular complexity index is 554. The Balaban J connectivity index is 2.58. The predicted molar refractivity (Wildman–Crippen MR) is 56.8 cm³/mol. The molecule has 1 aromatic carbocycles. The molecule has 0 N–H and O–H groups in total. The number of benzene rings is 1. The van der Waals surface area contributed by atoms with Crippen LogP contribution in [0.2, 0.25) is 0 Å². The summed E-state index contributed by atoms with van der Waals surface area (Å²) in [6.45, 7) is 1.40. The number of hydrogen-bond acceptors (Lipinski definition) is 2. The Kier molecular flexibility index (Phi) is 2.50. The standard InChI is InChI=1S/C11H7F3OS/c1-6(15)10-5-7-4-8(11(12,13)14)2-3-9(7)16-10/h2-5H,1H3. The van der Waals surface area contributed by atoms with Crippen molar-refractivity contribution in [3.63, 3.8) is 0 Å². The molecular weight excluding hydrogens is 237 g/mol. The summed E-state index contributed by atoms with van der Waals surface area (Å²) in [7, 11) is 0. The van der Waals surface area contributed by atoms with Gasteiger partial charge in [0.1, 0.15) is 0 Å².